The molecule has 0 spiro atoms. The predicted molar refractivity (Wildman–Crippen MR) is 253 cm³/mol. The van der Waals surface area contributed by atoms with Crippen molar-refractivity contribution in [3.8, 4) is 11.5 Å². The van der Waals surface area contributed by atoms with Crippen LogP contribution in [0.2, 0.25) is 0 Å². The molecule has 6 amide bonds. The van der Waals surface area contributed by atoms with Crippen molar-refractivity contribution in [2.45, 2.75) is 69.6 Å². The molecule has 3 atom stereocenters. The fourth-order valence-corrected chi connectivity index (χ4v) is 10.7. The number of carbonyl (C=O) groups excluding carboxylic acids is 6. The zero-order valence-electron chi connectivity index (χ0n) is 38.1. The van der Waals surface area contributed by atoms with Gasteiger partial charge in [0.1, 0.15) is 40.4 Å². The van der Waals surface area contributed by atoms with Gasteiger partial charge in [-0.15, -0.1) is 0 Å². The van der Waals surface area contributed by atoms with E-state index in [9.17, 15) is 33.2 Å². The van der Waals surface area contributed by atoms with Crippen molar-refractivity contribution in [1.82, 2.24) is 30.0 Å². The molecule has 3 aromatic carbocycles. The van der Waals surface area contributed by atoms with E-state index in [1.807, 2.05) is 0 Å². The number of pyridine rings is 2. The fourth-order valence-electron chi connectivity index (χ4n) is 10.7. The fraction of sp³-hybridized carbons (Fsp3) is 0.373. The van der Waals surface area contributed by atoms with Gasteiger partial charge in [0.25, 0.3) is 5.91 Å². The molecule has 6 aliphatic rings. The monoisotopic (exact) mass is 952 g/mol. The average molecular weight is 953 g/mol. The number of fused-ring (bicyclic) bond motifs is 4. The van der Waals surface area contributed by atoms with E-state index in [1.165, 1.54) is 41.4 Å². The van der Waals surface area contributed by atoms with Gasteiger partial charge in [-0.25, -0.2) is 13.8 Å². The topological polar surface area (TPSA) is 199 Å². The Labute approximate surface area is 400 Å². The van der Waals surface area contributed by atoms with E-state index in [0.29, 0.717) is 94.3 Å². The van der Waals surface area contributed by atoms with Gasteiger partial charge in [-0.2, -0.15) is 0 Å². The number of ether oxygens (including phenoxy) is 1. The van der Waals surface area contributed by atoms with Gasteiger partial charge in [0.15, 0.2) is 0 Å². The number of likely N-dealkylation sites (tertiary alicyclic amines) is 2. The molecule has 19 heteroatoms. The van der Waals surface area contributed by atoms with Gasteiger partial charge >= 0.3 is 0 Å². The number of piperidine rings is 2. The lowest BCUT2D eigenvalue weighted by atomic mass is 9.95. The molecule has 1 saturated carbocycles. The third-order valence-corrected chi connectivity index (χ3v) is 14.8. The Bertz CT molecular complexity index is 2940. The summed E-state index contributed by atoms with van der Waals surface area (Å²) < 4.78 is 35.4. The Morgan fingerprint density at radius 3 is 2.20 bits per heavy atom. The van der Waals surface area contributed by atoms with Gasteiger partial charge in [0.05, 0.1) is 23.3 Å². The standard InChI is InChI=1S/C51H50F2N10O7/c52-31-1-3-32(4-2-31)56-49(68)51(14-15-51)50(69)57-33-5-7-36(8-6-33)70-43-11-16-54-40-22-42(39(53)21-37(40)43)60-17-12-29(13-18-60)24-61-26-35-20-34(61)27-62(35)28-46(65)58-44-19-30-25-63(48(67)38(30)23-55-44)41-9-10-45(64)59-47(41)66/h1-8,11,16,19,21-23,29,34-35,41H,9-10,12-15,17-18,20,24-28H2,(H,56,68)(H,57,69)(H,55,58,65)(H,59,64,66)/t34-,35-,41?/m0/s1. The second kappa shape index (κ2) is 18.2. The molecular formula is C51H50F2N10O7. The van der Waals surface area contributed by atoms with Crippen molar-refractivity contribution in [2.75, 3.05) is 60.1 Å². The third-order valence-electron chi connectivity index (χ3n) is 14.8. The number of benzene rings is 3. The lowest BCUT2D eigenvalue weighted by Crippen LogP contribution is -2.52. The summed E-state index contributed by atoms with van der Waals surface area (Å²) in [6.07, 6.45) is 7.13. The van der Waals surface area contributed by atoms with Crippen LogP contribution in [0.25, 0.3) is 10.9 Å². The zero-order valence-corrected chi connectivity index (χ0v) is 38.1. The minimum atomic E-state index is -1.20. The predicted octanol–water partition coefficient (Wildman–Crippen LogP) is 5.43. The maximum Gasteiger partial charge on any atom is 0.256 e. The van der Waals surface area contributed by atoms with Gasteiger partial charge in [-0.05, 0) is 123 Å². The van der Waals surface area contributed by atoms with E-state index in [1.54, 1.807) is 48.7 Å². The summed E-state index contributed by atoms with van der Waals surface area (Å²) in [4.78, 5) is 93.6. The highest BCUT2D eigenvalue weighted by molar-refractivity contribution is 6.17. The van der Waals surface area contributed by atoms with Crippen LogP contribution in [0.5, 0.6) is 11.5 Å². The van der Waals surface area contributed by atoms with Crippen molar-refractivity contribution in [1.29, 1.82) is 0 Å². The van der Waals surface area contributed by atoms with Crippen LogP contribution >= 0.6 is 0 Å². The number of halogens is 2. The van der Waals surface area contributed by atoms with Crippen molar-refractivity contribution >= 4 is 69.2 Å². The summed E-state index contributed by atoms with van der Waals surface area (Å²) >= 11 is 0. The number of nitrogens with zero attached hydrogens (tertiary/aromatic N) is 6. The van der Waals surface area contributed by atoms with E-state index in [2.05, 4.69) is 45.9 Å². The number of hydrogen-bond donors (Lipinski definition) is 4. The first-order valence-electron chi connectivity index (χ1n) is 23.8. The Kier molecular flexibility index (Phi) is 11.7. The van der Waals surface area contributed by atoms with Crippen LogP contribution in [0.4, 0.5) is 31.7 Å². The van der Waals surface area contributed by atoms with Gasteiger partial charge < -0.3 is 30.5 Å². The largest absolute Gasteiger partial charge is 0.457 e. The van der Waals surface area contributed by atoms with E-state index in [0.717, 1.165) is 38.9 Å². The molecule has 5 aromatic rings. The summed E-state index contributed by atoms with van der Waals surface area (Å²) in [5, 5.41) is 11.3. The van der Waals surface area contributed by atoms with E-state index < -0.39 is 35.0 Å². The maximum atomic E-state index is 15.9. The van der Waals surface area contributed by atoms with Gasteiger partial charge in [-0.3, -0.25) is 48.9 Å². The quantitative estimate of drug-likeness (QED) is 0.0864. The second-order valence-corrected chi connectivity index (χ2v) is 19.3. The molecule has 360 valence electrons. The Hall–Kier alpha value is -7.38. The summed E-state index contributed by atoms with van der Waals surface area (Å²) in [7, 11) is 0. The number of anilines is 4. The smallest absolute Gasteiger partial charge is 0.256 e. The molecule has 0 radical (unpaired) electrons. The molecule has 1 unspecified atom stereocenters. The van der Waals surface area contributed by atoms with Crippen molar-refractivity contribution < 1.29 is 42.3 Å². The molecule has 70 heavy (non-hydrogen) atoms. The van der Waals surface area contributed by atoms with Gasteiger partial charge in [-0.1, -0.05) is 0 Å². The average Bonchev–Trinajstić information content (AvgIpc) is 3.82. The molecular weight excluding hydrogens is 903 g/mol. The zero-order chi connectivity index (χ0) is 48.3. The lowest BCUT2D eigenvalue weighted by Gasteiger charge is -2.39. The second-order valence-electron chi connectivity index (χ2n) is 19.3. The summed E-state index contributed by atoms with van der Waals surface area (Å²) in [5.74, 6) is -1.28. The minimum absolute atomic E-state index is 0.171. The summed E-state index contributed by atoms with van der Waals surface area (Å²) in [5.41, 5.74) is 1.84. The molecule has 2 bridgehead atoms. The van der Waals surface area contributed by atoms with Crippen LogP contribution in [0, 0.1) is 23.0 Å². The molecule has 4 N–H and O–H groups in total. The summed E-state index contributed by atoms with van der Waals surface area (Å²) in [6.45, 7) is 4.47. The van der Waals surface area contributed by atoms with Crippen molar-refractivity contribution in [3.05, 3.63) is 108 Å². The first-order valence-corrected chi connectivity index (χ1v) is 23.8. The van der Waals surface area contributed by atoms with E-state index in [4.69, 9.17) is 4.74 Å². The molecule has 7 heterocycles. The van der Waals surface area contributed by atoms with Crippen LogP contribution in [0.3, 0.4) is 0 Å². The number of imide groups is 1. The van der Waals surface area contributed by atoms with Crippen LogP contribution in [0.15, 0.2) is 85.2 Å². The highest BCUT2D eigenvalue weighted by Gasteiger charge is 2.56. The van der Waals surface area contributed by atoms with Crippen LogP contribution < -0.4 is 30.9 Å². The number of aromatic nitrogens is 2. The molecule has 5 fully saturated rings. The highest BCUT2D eigenvalue weighted by Crippen LogP contribution is 2.48. The normalized spacial score (nSPS) is 22.0. The van der Waals surface area contributed by atoms with Crippen LogP contribution in [-0.4, -0.2) is 118 Å². The number of nitrogens with one attached hydrogen (secondary N) is 4. The first kappa shape index (κ1) is 45.1. The van der Waals surface area contributed by atoms with Crippen LogP contribution in [-0.2, 0) is 30.5 Å². The molecule has 11 rings (SSSR count). The third kappa shape index (κ3) is 8.90. The molecule has 2 aromatic heterocycles. The number of carbonyl (C=O) groups is 6. The van der Waals surface area contributed by atoms with Crippen molar-refractivity contribution in [2.24, 2.45) is 11.3 Å². The SMILES string of the molecule is O=C1CCC(N2Cc3cc(NC(=O)CN4C[C@@H]5C[C@H]4CN5CC4CCN(c5cc6nccc(Oc7ccc(NC(=O)C8(C(=O)Nc9ccc(F)cc9)CC8)cc7)c6cc5F)CC4)ncc3C2=O)C(=O)N1. The highest BCUT2D eigenvalue weighted by atomic mass is 19.1. The summed E-state index contributed by atoms with van der Waals surface area (Å²) in [6, 6.07) is 18.6. The number of hydrogen-bond acceptors (Lipinski definition) is 12. The minimum Gasteiger partial charge on any atom is -0.457 e. The Morgan fingerprint density at radius 1 is 0.814 bits per heavy atom. The molecule has 4 saturated heterocycles. The van der Waals surface area contributed by atoms with E-state index in [-0.39, 0.29) is 55.5 Å². The first-order chi connectivity index (χ1) is 33.8. The Balaban J connectivity index is 0.637. The number of amides is 6. The maximum absolute atomic E-state index is 15.9. The molecule has 1 aliphatic carbocycles. The van der Waals surface area contributed by atoms with Crippen LogP contribution in [0.1, 0.15) is 60.9 Å². The lowest BCUT2D eigenvalue weighted by molar-refractivity contribution is -0.137. The molecule has 17 nitrogen and oxygen atoms in total. The van der Waals surface area contributed by atoms with Crippen molar-refractivity contribution in [3.63, 3.8) is 0 Å². The Morgan fingerprint density at radius 2 is 1.51 bits per heavy atom. The number of rotatable bonds is 13. The van der Waals surface area contributed by atoms with Gasteiger partial charge in [0.2, 0.25) is 29.5 Å². The molecule has 5 aliphatic heterocycles. The van der Waals surface area contributed by atoms with E-state index >= 15 is 4.39 Å². The van der Waals surface area contributed by atoms with Gasteiger partial charge in [0, 0.05) is 86.9 Å². The number of piperazine rings is 1.